The summed E-state index contributed by atoms with van der Waals surface area (Å²) in [7, 11) is 2.11. The summed E-state index contributed by atoms with van der Waals surface area (Å²) in [4.78, 5) is 29.1. The van der Waals surface area contributed by atoms with Crippen molar-refractivity contribution in [3.05, 3.63) is 41.0 Å². The van der Waals surface area contributed by atoms with Gasteiger partial charge in [0.1, 0.15) is 16.0 Å². The van der Waals surface area contributed by atoms with Gasteiger partial charge in [-0.3, -0.25) is 9.69 Å². The minimum absolute atomic E-state index is 0.176. The summed E-state index contributed by atoms with van der Waals surface area (Å²) in [6.45, 7) is 2.66. The molecule has 2 aromatic heterocycles. The van der Waals surface area contributed by atoms with Gasteiger partial charge in [-0.2, -0.15) is 0 Å². The first-order valence-electron chi connectivity index (χ1n) is 9.94. The lowest BCUT2D eigenvalue weighted by molar-refractivity contribution is 0.0793. The van der Waals surface area contributed by atoms with E-state index in [1.54, 1.807) is 6.34 Å². The van der Waals surface area contributed by atoms with E-state index in [-0.39, 0.29) is 5.91 Å². The van der Waals surface area contributed by atoms with Gasteiger partial charge in [0.15, 0.2) is 5.82 Å². The lowest BCUT2D eigenvalue weighted by atomic mass is 10.1. The normalized spacial score (nSPS) is 17.5. The lowest BCUT2D eigenvalue weighted by Crippen LogP contribution is -2.28. The zero-order valence-electron chi connectivity index (χ0n) is 16.6. The molecule has 2 N–H and O–H groups in total. The number of amides is 1. The van der Waals surface area contributed by atoms with Gasteiger partial charge in [-0.1, -0.05) is 12.1 Å². The number of carbonyl (C=O) groups excluding carboxylic acids is 1. The van der Waals surface area contributed by atoms with Crippen LogP contribution in [0, 0.1) is 0 Å². The van der Waals surface area contributed by atoms with Gasteiger partial charge >= 0.3 is 0 Å². The highest BCUT2D eigenvalue weighted by atomic mass is 32.1. The summed E-state index contributed by atoms with van der Waals surface area (Å²) < 4.78 is 5.71. The quantitative estimate of drug-likeness (QED) is 0.630. The molecule has 3 aromatic rings. The number of ether oxygens (including phenoxy) is 1. The van der Waals surface area contributed by atoms with E-state index in [1.165, 1.54) is 23.2 Å². The third-order valence-electron chi connectivity index (χ3n) is 5.27. The van der Waals surface area contributed by atoms with E-state index in [4.69, 9.17) is 4.74 Å². The molecule has 0 saturated carbocycles. The molecule has 2 aliphatic heterocycles. The Labute approximate surface area is 178 Å². The zero-order valence-corrected chi connectivity index (χ0v) is 17.4. The maximum Gasteiger partial charge on any atom is 0.267 e. The number of likely N-dealkylation sites (N-methyl/N-ethyl adjacent to an activating group) is 1. The van der Waals surface area contributed by atoms with Crippen LogP contribution in [-0.2, 0) is 11.3 Å². The van der Waals surface area contributed by atoms with Crippen LogP contribution in [0.15, 0.2) is 35.6 Å². The summed E-state index contributed by atoms with van der Waals surface area (Å²) in [5, 5.41) is 6.84. The van der Waals surface area contributed by atoms with Crippen LogP contribution in [0.1, 0.15) is 28.1 Å². The van der Waals surface area contributed by atoms with E-state index in [9.17, 15) is 4.79 Å². The molecule has 8 nitrogen and oxygen atoms in total. The maximum absolute atomic E-state index is 12.9. The summed E-state index contributed by atoms with van der Waals surface area (Å²) >= 11 is 1.33. The van der Waals surface area contributed by atoms with Crippen molar-refractivity contribution in [2.24, 2.45) is 4.99 Å². The number of hydrogen-bond donors (Lipinski definition) is 2. The molecule has 4 heterocycles. The van der Waals surface area contributed by atoms with Crippen molar-refractivity contribution in [2.75, 3.05) is 30.8 Å². The van der Waals surface area contributed by atoms with Crippen molar-refractivity contribution >= 4 is 51.0 Å². The molecule has 0 spiro atoms. The average molecular weight is 423 g/mol. The van der Waals surface area contributed by atoms with Crippen LogP contribution < -0.4 is 10.6 Å². The molecule has 2 aliphatic rings. The highest BCUT2D eigenvalue weighted by Gasteiger charge is 2.23. The number of rotatable bonds is 6. The molecule has 9 heteroatoms. The van der Waals surface area contributed by atoms with Gasteiger partial charge in [-0.25, -0.2) is 15.0 Å². The fourth-order valence-corrected chi connectivity index (χ4v) is 4.86. The van der Waals surface area contributed by atoms with Gasteiger partial charge in [0.05, 0.1) is 23.5 Å². The van der Waals surface area contributed by atoms with Gasteiger partial charge in [-0.05, 0) is 37.6 Å². The molecule has 0 unspecified atom stereocenters. The van der Waals surface area contributed by atoms with Gasteiger partial charge in [-0.15, -0.1) is 11.3 Å². The second-order valence-corrected chi connectivity index (χ2v) is 8.57. The average Bonchev–Trinajstić information content (AvgIpc) is 3.39. The number of anilines is 2. The largest absolute Gasteiger partial charge is 0.377 e. The third-order valence-corrected chi connectivity index (χ3v) is 6.37. The van der Waals surface area contributed by atoms with Crippen LogP contribution in [0.5, 0.6) is 0 Å². The van der Waals surface area contributed by atoms with E-state index >= 15 is 0 Å². The van der Waals surface area contributed by atoms with Crippen LogP contribution in [0.3, 0.4) is 0 Å². The molecule has 1 amide bonds. The topological polar surface area (TPSA) is 91.7 Å². The lowest BCUT2D eigenvalue weighted by Gasteiger charge is -2.20. The SMILES string of the molecule is CN(Cc1ccc(NC(=O)c2sc3ncnc4c3c2NC=N4)cc1)C[C@H]1CCCO1. The predicted molar refractivity (Wildman–Crippen MR) is 119 cm³/mol. The minimum Gasteiger partial charge on any atom is -0.377 e. The molecular weight excluding hydrogens is 400 g/mol. The standard InChI is InChI=1S/C21H22N6O2S/c1-27(10-15-3-2-8-29-15)9-13-4-6-14(7-5-13)26-20(28)18-17-16-19(23-11-22-17)24-12-25-21(16)30-18/h4-7,11-12,15H,2-3,8-10H2,1H3,(H,26,28)(H,22,23,24,25)/t15-/m1/s1. The second kappa shape index (κ2) is 8.10. The van der Waals surface area contributed by atoms with Gasteiger partial charge < -0.3 is 15.4 Å². The Morgan fingerprint density at radius 1 is 1.33 bits per heavy atom. The summed E-state index contributed by atoms with van der Waals surface area (Å²) in [5.74, 6) is 0.408. The van der Waals surface area contributed by atoms with E-state index in [0.717, 1.165) is 48.4 Å². The minimum atomic E-state index is -0.176. The smallest absolute Gasteiger partial charge is 0.267 e. The first-order valence-corrected chi connectivity index (χ1v) is 10.8. The number of carbonyl (C=O) groups is 1. The number of nitrogens with one attached hydrogen (secondary N) is 2. The number of aromatic nitrogens is 2. The van der Waals surface area contributed by atoms with Crippen LogP contribution >= 0.6 is 11.3 Å². The summed E-state index contributed by atoms with van der Waals surface area (Å²) in [6, 6.07) is 7.97. The molecule has 0 aliphatic carbocycles. The fourth-order valence-electron chi connectivity index (χ4n) is 3.87. The van der Waals surface area contributed by atoms with Gasteiger partial charge in [0.25, 0.3) is 5.91 Å². The third kappa shape index (κ3) is 3.79. The Balaban J connectivity index is 1.26. The van der Waals surface area contributed by atoms with Crippen LogP contribution in [0.25, 0.3) is 10.2 Å². The number of benzene rings is 1. The molecule has 0 bridgehead atoms. The fraction of sp³-hybridized carbons (Fsp3) is 0.333. The van der Waals surface area contributed by atoms with E-state index < -0.39 is 0 Å². The van der Waals surface area contributed by atoms with Crippen molar-refractivity contribution in [3.63, 3.8) is 0 Å². The molecule has 1 fully saturated rings. The zero-order chi connectivity index (χ0) is 20.5. The van der Waals surface area contributed by atoms with E-state index in [1.807, 2.05) is 24.3 Å². The Bertz CT molecular complexity index is 1100. The number of thiophene rings is 1. The Morgan fingerprint density at radius 3 is 3.00 bits per heavy atom. The molecule has 5 rings (SSSR count). The Morgan fingerprint density at radius 2 is 2.20 bits per heavy atom. The molecule has 30 heavy (non-hydrogen) atoms. The monoisotopic (exact) mass is 422 g/mol. The van der Waals surface area contributed by atoms with Crippen LogP contribution in [-0.4, -0.2) is 53.4 Å². The van der Waals surface area contributed by atoms with Crippen molar-refractivity contribution in [1.82, 2.24) is 14.9 Å². The molecule has 1 saturated heterocycles. The molecule has 154 valence electrons. The van der Waals surface area contributed by atoms with Crippen LogP contribution in [0.2, 0.25) is 0 Å². The van der Waals surface area contributed by atoms with Crippen LogP contribution in [0.4, 0.5) is 17.2 Å². The molecular formula is C21H22N6O2S. The number of aliphatic imine (C=N–C) groups is 1. The molecule has 1 aromatic carbocycles. The Kier molecular flexibility index (Phi) is 5.16. The van der Waals surface area contributed by atoms with Crippen molar-refractivity contribution in [3.8, 4) is 0 Å². The van der Waals surface area contributed by atoms with E-state index in [2.05, 4.69) is 37.5 Å². The summed E-state index contributed by atoms with van der Waals surface area (Å²) in [6.07, 6.45) is 5.67. The maximum atomic E-state index is 12.9. The van der Waals surface area contributed by atoms with Gasteiger partial charge in [0, 0.05) is 25.4 Å². The van der Waals surface area contributed by atoms with Gasteiger partial charge in [0.2, 0.25) is 0 Å². The highest BCUT2D eigenvalue weighted by Crippen LogP contribution is 2.40. The van der Waals surface area contributed by atoms with Crippen molar-refractivity contribution in [1.29, 1.82) is 0 Å². The van der Waals surface area contributed by atoms with Crippen molar-refractivity contribution < 1.29 is 9.53 Å². The summed E-state index contributed by atoms with van der Waals surface area (Å²) in [5.41, 5.74) is 2.67. The first kappa shape index (κ1) is 19.1. The molecule has 1 atom stereocenters. The molecule has 0 radical (unpaired) electrons. The second-order valence-electron chi connectivity index (χ2n) is 7.57. The highest BCUT2D eigenvalue weighted by molar-refractivity contribution is 7.21. The number of nitrogens with zero attached hydrogens (tertiary/aromatic N) is 4. The van der Waals surface area contributed by atoms with Crippen molar-refractivity contribution in [2.45, 2.75) is 25.5 Å². The van der Waals surface area contributed by atoms with E-state index in [0.29, 0.717) is 22.5 Å². The Hall–Kier alpha value is -2.88. The first-order chi connectivity index (χ1) is 14.7. The predicted octanol–water partition coefficient (Wildman–Crippen LogP) is 3.64. The number of hydrogen-bond acceptors (Lipinski definition) is 8.